The monoisotopic (exact) mass is 810 g/mol. The van der Waals surface area contributed by atoms with Crippen molar-refractivity contribution < 1.29 is 28.8 Å². The third-order valence-corrected chi connectivity index (χ3v) is 15.0. The molecule has 9 rings (SSSR count). The highest BCUT2D eigenvalue weighted by molar-refractivity contribution is 6.10. The van der Waals surface area contributed by atoms with Gasteiger partial charge in [-0.15, -0.1) is 0 Å². The number of likely N-dealkylation sites (tertiary alicyclic amines) is 4. The van der Waals surface area contributed by atoms with E-state index in [1.807, 2.05) is 11.9 Å². The molecule has 9 fully saturated rings. The standard InChI is InChI=1S/C39H63N13O6/c1-46-13-14-50(39(46)58)26-3-2-10-49(22-26)31-17-41-33(34(40)54)35(44-31)43-24-16-42-51(19-24)27-20-47(21-27)18-23-8-11-48(12-9-23)25-4-5-28-29(15-25)38(57)52(37(28)56)30-6-7-32(53)45-36(30)55/h23-31,33,35,41-44H,2-22H2,1H3,(H2,40,54)(H,45,53,55)/t24?,25?,26-,28?,29?,30-,31?,33?,35?/m1/s1. The lowest BCUT2D eigenvalue weighted by atomic mass is 9.77. The number of amides is 7. The summed E-state index contributed by atoms with van der Waals surface area (Å²) in [6, 6.07) is -0.219. The molecular formula is C39H63N13O6. The van der Waals surface area contributed by atoms with Crippen LogP contribution in [0.15, 0.2) is 0 Å². The van der Waals surface area contributed by atoms with Crippen molar-refractivity contribution in [3.63, 3.8) is 0 Å². The van der Waals surface area contributed by atoms with E-state index in [1.54, 1.807) is 4.90 Å². The minimum absolute atomic E-state index is 0.0267. The molecule has 7 amide bonds. The van der Waals surface area contributed by atoms with Crippen molar-refractivity contribution in [1.82, 2.24) is 61.1 Å². The van der Waals surface area contributed by atoms with E-state index in [0.29, 0.717) is 31.3 Å². The zero-order valence-electron chi connectivity index (χ0n) is 33.9. The topological polar surface area (TPSA) is 211 Å². The molecule has 19 nitrogen and oxygen atoms in total. The number of carbonyl (C=O) groups is 6. The van der Waals surface area contributed by atoms with Crippen molar-refractivity contribution in [2.45, 2.75) is 106 Å². The molecule has 58 heavy (non-hydrogen) atoms. The third-order valence-electron chi connectivity index (χ3n) is 15.0. The van der Waals surface area contributed by atoms with Gasteiger partial charge in [0.25, 0.3) is 0 Å². The van der Waals surface area contributed by atoms with Crippen molar-refractivity contribution >= 4 is 35.6 Å². The summed E-state index contributed by atoms with van der Waals surface area (Å²) in [6.45, 7) is 10.6. The molecular weight excluding hydrogens is 747 g/mol. The number of urea groups is 1. The number of rotatable bonds is 10. The van der Waals surface area contributed by atoms with Gasteiger partial charge in [-0.25, -0.2) is 9.80 Å². The Labute approximate surface area is 340 Å². The van der Waals surface area contributed by atoms with Gasteiger partial charge in [0.2, 0.25) is 29.5 Å². The molecule has 320 valence electrons. The fourth-order valence-electron chi connectivity index (χ4n) is 11.6. The van der Waals surface area contributed by atoms with E-state index in [2.05, 4.69) is 46.4 Å². The molecule has 1 saturated carbocycles. The minimum Gasteiger partial charge on any atom is -0.368 e. The van der Waals surface area contributed by atoms with E-state index in [0.717, 1.165) is 104 Å². The fraction of sp³-hybridized carbons (Fsp3) is 0.846. The van der Waals surface area contributed by atoms with Crippen LogP contribution in [0.5, 0.6) is 0 Å². The average Bonchev–Trinajstić information content (AvgIpc) is 3.87. The van der Waals surface area contributed by atoms with Gasteiger partial charge in [-0.2, -0.15) is 0 Å². The Hall–Kier alpha value is -3.30. The van der Waals surface area contributed by atoms with Crippen LogP contribution in [0.25, 0.3) is 0 Å². The molecule has 7 N–H and O–H groups in total. The number of primary amides is 1. The van der Waals surface area contributed by atoms with E-state index in [9.17, 15) is 28.8 Å². The van der Waals surface area contributed by atoms with E-state index < -0.39 is 18.0 Å². The van der Waals surface area contributed by atoms with Crippen molar-refractivity contribution in [2.24, 2.45) is 23.5 Å². The zero-order valence-corrected chi connectivity index (χ0v) is 33.9. The van der Waals surface area contributed by atoms with Crippen LogP contribution >= 0.6 is 0 Å². The second-order valence-electron chi connectivity index (χ2n) is 18.6. The number of nitrogens with zero attached hydrogens (tertiary/aromatic N) is 7. The Kier molecular flexibility index (Phi) is 11.5. The van der Waals surface area contributed by atoms with Gasteiger partial charge in [-0.1, -0.05) is 0 Å². The van der Waals surface area contributed by atoms with Gasteiger partial charge < -0.3 is 25.8 Å². The quantitative estimate of drug-likeness (QED) is 0.119. The maximum absolute atomic E-state index is 13.5. The second-order valence-corrected chi connectivity index (χ2v) is 18.6. The van der Waals surface area contributed by atoms with Crippen LogP contribution in [0.1, 0.15) is 57.8 Å². The summed E-state index contributed by atoms with van der Waals surface area (Å²) in [5.41, 5.74) is 9.49. The molecule has 0 spiro atoms. The summed E-state index contributed by atoms with van der Waals surface area (Å²) in [6.07, 6.45) is 6.55. The second kappa shape index (κ2) is 16.6. The lowest BCUT2D eigenvalue weighted by Crippen LogP contribution is -2.74. The molecule has 1 aliphatic carbocycles. The first-order chi connectivity index (χ1) is 28.0. The Bertz CT molecular complexity index is 1620. The van der Waals surface area contributed by atoms with Gasteiger partial charge in [0.05, 0.1) is 24.2 Å². The maximum Gasteiger partial charge on any atom is 0.320 e. The smallest absolute Gasteiger partial charge is 0.320 e. The Morgan fingerprint density at radius 2 is 1.60 bits per heavy atom. The van der Waals surface area contributed by atoms with Gasteiger partial charge in [0.15, 0.2) is 0 Å². The number of piperidine rings is 3. The van der Waals surface area contributed by atoms with E-state index in [1.165, 1.54) is 4.90 Å². The fourth-order valence-corrected chi connectivity index (χ4v) is 11.6. The highest BCUT2D eigenvalue weighted by Gasteiger charge is 2.54. The number of piperazine rings is 1. The summed E-state index contributed by atoms with van der Waals surface area (Å²) in [5.74, 6) is -1.82. The molecule has 0 aromatic heterocycles. The molecule has 8 heterocycles. The molecule has 8 saturated heterocycles. The van der Waals surface area contributed by atoms with Crippen LogP contribution < -0.4 is 32.4 Å². The normalized spacial score (nSPS) is 38.1. The van der Waals surface area contributed by atoms with Crippen LogP contribution in [0.4, 0.5) is 4.79 Å². The first-order valence-electron chi connectivity index (χ1n) is 22.0. The number of nitrogens with one attached hydrogen (secondary N) is 5. The molecule has 7 unspecified atom stereocenters. The largest absolute Gasteiger partial charge is 0.368 e. The van der Waals surface area contributed by atoms with Crippen LogP contribution in [0.3, 0.4) is 0 Å². The van der Waals surface area contributed by atoms with Gasteiger partial charge >= 0.3 is 6.03 Å². The highest BCUT2D eigenvalue weighted by atomic mass is 16.2. The Balaban J connectivity index is 0.698. The van der Waals surface area contributed by atoms with Gasteiger partial charge in [0.1, 0.15) is 12.1 Å². The third kappa shape index (κ3) is 7.88. The number of fused-ring (bicyclic) bond motifs is 1. The van der Waals surface area contributed by atoms with E-state index in [-0.39, 0.29) is 84.8 Å². The van der Waals surface area contributed by atoms with Crippen molar-refractivity contribution in [3.8, 4) is 0 Å². The average molecular weight is 810 g/mol. The summed E-state index contributed by atoms with van der Waals surface area (Å²) in [7, 11) is 1.87. The number of carbonyl (C=O) groups excluding carboxylic acids is 6. The van der Waals surface area contributed by atoms with Crippen molar-refractivity contribution in [1.29, 1.82) is 0 Å². The van der Waals surface area contributed by atoms with Gasteiger partial charge in [0, 0.05) is 96.5 Å². The summed E-state index contributed by atoms with van der Waals surface area (Å²) in [4.78, 5) is 88.7. The van der Waals surface area contributed by atoms with Crippen LogP contribution in [0, 0.1) is 17.8 Å². The van der Waals surface area contributed by atoms with Crippen LogP contribution in [0.2, 0.25) is 0 Å². The predicted octanol–water partition coefficient (Wildman–Crippen LogP) is -3.35. The van der Waals surface area contributed by atoms with Crippen molar-refractivity contribution in [3.05, 3.63) is 0 Å². The lowest BCUT2D eigenvalue weighted by molar-refractivity contribution is -0.151. The number of likely N-dealkylation sites (N-methyl/N-ethyl adjacent to an activating group) is 1. The highest BCUT2D eigenvalue weighted by Crippen LogP contribution is 2.42. The molecule has 9 aliphatic rings. The van der Waals surface area contributed by atoms with Crippen LogP contribution in [-0.4, -0.2) is 204 Å². The number of hydrogen-bond acceptors (Lipinski definition) is 14. The molecule has 9 atom stereocenters. The number of imide groups is 2. The maximum atomic E-state index is 13.5. The van der Waals surface area contributed by atoms with E-state index in [4.69, 9.17) is 5.73 Å². The predicted molar refractivity (Wildman–Crippen MR) is 210 cm³/mol. The Morgan fingerprint density at radius 3 is 2.34 bits per heavy atom. The lowest BCUT2D eigenvalue weighted by Gasteiger charge is -2.47. The molecule has 19 heteroatoms. The van der Waals surface area contributed by atoms with Crippen molar-refractivity contribution in [2.75, 3.05) is 85.6 Å². The molecule has 0 bridgehead atoms. The SMILES string of the molecule is CN1CCN([C@@H]2CCCN(C3CNC(C(N)=O)C(NC4CNN(C5CN(CC6CCN(C7CCC8C(=O)N([C@@H]9CCC(=O)NC9=O)C(=O)C8C7)CC6)C5)C4)N3)C2)C1=O. The number of hydrazine groups is 1. The van der Waals surface area contributed by atoms with Crippen LogP contribution in [-0.2, 0) is 24.0 Å². The minimum atomic E-state index is -0.865. The summed E-state index contributed by atoms with van der Waals surface area (Å²) in [5, 5.41) is 15.5. The molecule has 0 aromatic carbocycles. The van der Waals surface area contributed by atoms with E-state index >= 15 is 0 Å². The molecule has 8 aliphatic heterocycles. The first-order valence-corrected chi connectivity index (χ1v) is 22.0. The molecule has 0 aromatic rings. The zero-order chi connectivity index (χ0) is 40.2. The summed E-state index contributed by atoms with van der Waals surface area (Å²) >= 11 is 0. The van der Waals surface area contributed by atoms with Gasteiger partial charge in [-0.05, 0) is 76.9 Å². The summed E-state index contributed by atoms with van der Waals surface area (Å²) < 4.78 is 0. The Morgan fingerprint density at radius 1 is 0.810 bits per heavy atom. The number of nitrogens with two attached hydrogens (primary N) is 1. The first kappa shape index (κ1) is 40.1. The van der Waals surface area contributed by atoms with Gasteiger partial charge in [-0.3, -0.25) is 60.0 Å². The number of hydrogen-bond donors (Lipinski definition) is 6. The molecule has 0 radical (unpaired) electrons.